The summed E-state index contributed by atoms with van der Waals surface area (Å²) in [6.45, 7) is 15.4. The van der Waals surface area contributed by atoms with E-state index in [0.29, 0.717) is 0 Å². The second-order valence-electron chi connectivity index (χ2n) is 9.00. The topological polar surface area (TPSA) is 37.3 Å². The van der Waals surface area contributed by atoms with E-state index in [9.17, 15) is 4.79 Å². The molecule has 1 aliphatic carbocycles. The highest BCUT2D eigenvalue weighted by atomic mass is 16.4. The molecule has 0 saturated carbocycles. The molecule has 1 aliphatic rings. The highest BCUT2D eigenvalue weighted by molar-refractivity contribution is 5.82. The largest absolute Gasteiger partial charge is 0.478 e. The predicted molar refractivity (Wildman–Crippen MR) is 111 cm³/mol. The highest BCUT2D eigenvalue weighted by Crippen LogP contribution is 2.46. The summed E-state index contributed by atoms with van der Waals surface area (Å²) in [5.41, 5.74) is 7.60. The summed E-state index contributed by atoms with van der Waals surface area (Å²) in [5, 5.41) is 8.89. The van der Waals surface area contributed by atoms with Gasteiger partial charge in [0.05, 0.1) is 0 Å². The van der Waals surface area contributed by atoms with Crippen LogP contribution in [0, 0.1) is 0 Å². The first-order valence-corrected chi connectivity index (χ1v) is 9.36. The fraction of sp³-hybridized carbons (Fsp3) is 0.458. The Bertz CT molecular complexity index is 797. The molecule has 2 rings (SSSR count). The van der Waals surface area contributed by atoms with Gasteiger partial charge in [0.1, 0.15) is 0 Å². The third-order valence-corrected chi connectivity index (χ3v) is 5.57. The van der Waals surface area contributed by atoms with Crippen molar-refractivity contribution in [2.24, 2.45) is 0 Å². The first-order valence-electron chi connectivity index (χ1n) is 9.36. The smallest absolute Gasteiger partial charge is 0.328 e. The maximum absolute atomic E-state index is 10.8. The fourth-order valence-electron chi connectivity index (χ4n) is 3.77. The van der Waals surface area contributed by atoms with Crippen molar-refractivity contribution in [1.29, 1.82) is 0 Å². The van der Waals surface area contributed by atoms with E-state index in [-0.39, 0.29) is 10.8 Å². The zero-order valence-electron chi connectivity index (χ0n) is 17.2. The normalized spacial score (nSPS) is 18.5. The number of benzene rings is 1. The second kappa shape index (κ2) is 7.26. The number of fused-ring (bicyclic) bond motifs is 1. The molecule has 0 radical (unpaired) electrons. The number of aliphatic carboxylic acids is 1. The third-order valence-electron chi connectivity index (χ3n) is 5.57. The number of carbonyl (C=O) groups is 1. The Hall–Kier alpha value is -2.09. The van der Waals surface area contributed by atoms with Crippen LogP contribution in [-0.2, 0) is 15.6 Å². The molecule has 0 atom stereocenters. The van der Waals surface area contributed by atoms with E-state index in [1.54, 1.807) is 0 Å². The van der Waals surface area contributed by atoms with Crippen molar-refractivity contribution in [2.75, 3.05) is 0 Å². The first kappa shape index (κ1) is 20.2. The van der Waals surface area contributed by atoms with E-state index in [1.807, 2.05) is 19.1 Å². The zero-order chi connectivity index (χ0) is 19.7. The molecule has 0 amide bonds. The van der Waals surface area contributed by atoms with Gasteiger partial charge in [-0.05, 0) is 72.3 Å². The SMILES string of the molecule is CC(C)=C(/C=C/C(C)=C/C(=O)O)c1ccc2c(c1)C(C)(C)CCC2(C)C. The van der Waals surface area contributed by atoms with E-state index in [4.69, 9.17) is 5.11 Å². The van der Waals surface area contributed by atoms with E-state index in [1.165, 1.54) is 41.2 Å². The number of hydrogen-bond acceptors (Lipinski definition) is 1. The predicted octanol–water partition coefficient (Wildman–Crippen LogP) is 6.42. The molecule has 1 aromatic rings. The molecule has 0 aliphatic heterocycles. The van der Waals surface area contributed by atoms with Gasteiger partial charge in [-0.1, -0.05) is 63.6 Å². The van der Waals surface area contributed by atoms with Gasteiger partial charge >= 0.3 is 5.97 Å². The van der Waals surface area contributed by atoms with E-state index >= 15 is 0 Å². The molecule has 0 unspecified atom stereocenters. The van der Waals surface area contributed by atoms with Crippen LogP contribution >= 0.6 is 0 Å². The first-order chi connectivity index (χ1) is 11.9. The van der Waals surface area contributed by atoms with Gasteiger partial charge < -0.3 is 5.11 Å². The molecule has 0 fully saturated rings. The Morgan fingerprint density at radius 3 is 2.08 bits per heavy atom. The van der Waals surface area contributed by atoms with Crippen molar-refractivity contribution in [3.63, 3.8) is 0 Å². The van der Waals surface area contributed by atoms with Gasteiger partial charge in [-0.25, -0.2) is 4.79 Å². The minimum atomic E-state index is -0.913. The van der Waals surface area contributed by atoms with Crippen LogP contribution in [0.4, 0.5) is 0 Å². The fourth-order valence-corrected chi connectivity index (χ4v) is 3.77. The second-order valence-corrected chi connectivity index (χ2v) is 9.00. The number of allylic oxidation sites excluding steroid dienone is 5. The lowest BCUT2D eigenvalue weighted by Gasteiger charge is -2.42. The summed E-state index contributed by atoms with van der Waals surface area (Å²) in [7, 11) is 0. The van der Waals surface area contributed by atoms with Crippen LogP contribution in [0.25, 0.3) is 5.57 Å². The molecule has 26 heavy (non-hydrogen) atoms. The van der Waals surface area contributed by atoms with Gasteiger partial charge in [-0.15, -0.1) is 0 Å². The van der Waals surface area contributed by atoms with Crippen molar-refractivity contribution in [1.82, 2.24) is 0 Å². The Kier molecular flexibility index (Phi) is 5.65. The molecule has 2 heteroatoms. The lowest BCUT2D eigenvalue weighted by Crippen LogP contribution is -2.33. The average Bonchev–Trinajstić information content (AvgIpc) is 2.51. The molecule has 0 heterocycles. The third kappa shape index (κ3) is 4.35. The average molecular weight is 353 g/mol. The summed E-state index contributed by atoms with van der Waals surface area (Å²) in [6, 6.07) is 6.85. The lowest BCUT2D eigenvalue weighted by atomic mass is 9.63. The van der Waals surface area contributed by atoms with Gasteiger partial charge in [-0.2, -0.15) is 0 Å². The Morgan fingerprint density at radius 2 is 1.54 bits per heavy atom. The number of hydrogen-bond donors (Lipinski definition) is 1. The van der Waals surface area contributed by atoms with Crippen molar-refractivity contribution < 1.29 is 9.90 Å². The van der Waals surface area contributed by atoms with Crippen LogP contribution in [0.2, 0.25) is 0 Å². The lowest BCUT2D eigenvalue weighted by molar-refractivity contribution is -0.131. The Balaban J connectivity index is 2.52. The van der Waals surface area contributed by atoms with Crippen LogP contribution < -0.4 is 0 Å². The van der Waals surface area contributed by atoms with E-state index < -0.39 is 5.97 Å². The van der Waals surface area contributed by atoms with Crippen molar-refractivity contribution in [2.45, 2.75) is 72.1 Å². The van der Waals surface area contributed by atoms with Crippen LogP contribution in [0.3, 0.4) is 0 Å². The van der Waals surface area contributed by atoms with Gasteiger partial charge in [-0.3, -0.25) is 0 Å². The summed E-state index contributed by atoms with van der Waals surface area (Å²) in [5.74, 6) is -0.913. The molecule has 0 saturated heterocycles. The van der Waals surface area contributed by atoms with Crippen LogP contribution in [0.15, 0.2) is 47.6 Å². The summed E-state index contributed by atoms with van der Waals surface area (Å²) >= 11 is 0. The minimum Gasteiger partial charge on any atom is -0.478 e. The molecule has 0 spiro atoms. The number of carboxylic acids is 1. The molecule has 2 nitrogen and oxygen atoms in total. The van der Waals surface area contributed by atoms with Gasteiger partial charge in [0.2, 0.25) is 0 Å². The monoisotopic (exact) mass is 352 g/mol. The number of rotatable bonds is 4. The summed E-state index contributed by atoms with van der Waals surface area (Å²) < 4.78 is 0. The molecule has 1 N–H and O–H groups in total. The van der Waals surface area contributed by atoms with Gasteiger partial charge in [0.25, 0.3) is 0 Å². The standard InChI is InChI=1S/C24H32O2/c1-16(2)19(10-8-17(3)14-22(25)26)18-9-11-20-21(15-18)24(6,7)13-12-23(20,4)5/h8-11,14-15H,12-13H2,1-7H3,(H,25,26)/b10-8+,17-14+. The highest BCUT2D eigenvalue weighted by Gasteiger charge is 2.36. The van der Waals surface area contributed by atoms with E-state index in [0.717, 1.165) is 11.1 Å². The Labute approximate surface area is 158 Å². The van der Waals surface area contributed by atoms with Crippen LogP contribution in [0.5, 0.6) is 0 Å². The van der Waals surface area contributed by atoms with Crippen molar-refractivity contribution in [3.8, 4) is 0 Å². The van der Waals surface area contributed by atoms with Crippen LogP contribution in [-0.4, -0.2) is 11.1 Å². The minimum absolute atomic E-state index is 0.177. The number of carboxylic acid groups (broad SMARTS) is 1. The molecule has 140 valence electrons. The van der Waals surface area contributed by atoms with Gasteiger partial charge in [0, 0.05) is 6.08 Å². The van der Waals surface area contributed by atoms with Crippen LogP contribution in [0.1, 0.15) is 78.0 Å². The van der Waals surface area contributed by atoms with Gasteiger partial charge in [0.15, 0.2) is 0 Å². The van der Waals surface area contributed by atoms with Crippen molar-refractivity contribution in [3.05, 3.63) is 64.3 Å². The molecule has 0 aromatic heterocycles. The maximum atomic E-state index is 10.8. The van der Waals surface area contributed by atoms with Crippen molar-refractivity contribution >= 4 is 11.5 Å². The summed E-state index contributed by atoms with van der Waals surface area (Å²) in [4.78, 5) is 10.8. The Morgan fingerprint density at radius 1 is 0.962 bits per heavy atom. The quantitative estimate of drug-likeness (QED) is 0.502. The molecular weight excluding hydrogens is 320 g/mol. The summed E-state index contributed by atoms with van der Waals surface area (Å²) in [6.07, 6.45) is 7.55. The molecular formula is C24H32O2. The zero-order valence-corrected chi connectivity index (χ0v) is 17.2. The maximum Gasteiger partial charge on any atom is 0.328 e. The van der Waals surface area contributed by atoms with E-state index in [2.05, 4.69) is 59.7 Å². The molecule has 1 aromatic carbocycles. The molecule has 0 bridgehead atoms.